The summed E-state index contributed by atoms with van der Waals surface area (Å²) >= 11 is 6.64. The third-order valence-electron chi connectivity index (χ3n) is 10.2. The zero-order valence-corrected chi connectivity index (χ0v) is 31.0. The number of benzene rings is 4. The van der Waals surface area contributed by atoms with Crippen LogP contribution in [-0.4, -0.2) is 86.5 Å². The molecule has 3 heterocycles. The first-order valence-corrected chi connectivity index (χ1v) is 20.1. The highest BCUT2D eigenvalue weighted by atomic mass is 35.5. The standard InChI is InChI=1S/C41H44ClN3O7S/c42-33-13-16-37-36(29-33)35(18-25-50-34-14-11-32(12-15-34)40(46)47)38(45(37)39(30-7-3-1-4-8-30)31-9-5-2-6-10-31)17-21-43-53(48,49)28-24-44-22-19-41(20-23-44)51-26-27-52-41/h1-16,29,39,43H,17-28H2,(H,46,47). The van der Waals surface area contributed by atoms with Crippen molar-refractivity contribution in [1.29, 1.82) is 0 Å². The molecule has 1 aromatic heterocycles. The first-order valence-electron chi connectivity index (χ1n) is 18.1. The SMILES string of the molecule is O=C(O)c1ccc(OCCc2c(CCNS(=O)(=O)CCN3CCC4(CC3)OCCO4)n(C(c3ccccc3)c3ccccc3)c3ccc(Cl)cc23)cc1. The fourth-order valence-corrected chi connectivity index (χ4v) is 8.75. The van der Waals surface area contributed by atoms with Gasteiger partial charge >= 0.3 is 5.97 Å². The van der Waals surface area contributed by atoms with Gasteiger partial charge in [-0.15, -0.1) is 0 Å². The summed E-state index contributed by atoms with van der Waals surface area (Å²) in [5, 5.41) is 10.9. The fourth-order valence-electron chi connectivity index (χ4n) is 7.53. The van der Waals surface area contributed by atoms with Gasteiger partial charge in [-0.25, -0.2) is 17.9 Å². The first-order chi connectivity index (χ1) is 25.7. The van der Waals surface area contributed by atoms with Crippen molar-refractivity contribution in [3.05, 3.63) is 136 Å². The summed E-state index contributed by atoms with van der Waals surface area (Å²) in [6, 6.07) is 32.6. The second kappa shape index (κ2) is 16.4. The van der Waals surface area contributed by atoms with Crippen LogP contribution >= 0.6 is 11.6 Å². The molecular weight excluding hydrogens is 714 g/mol. The number of ether oxygens (including phenoxy) is 3. The normalized spacial score (nSPS) is 16.1. The molecule has 0 saturated carbocycles. The molecule has 2 N–H and O–H groups in total. The Kier molecular flexibility index (Phi) is 11.5. The van der Waals surface area contributed by atoms with Crippen molar-refractivity contribution < 1.29 is 32.5 Å². The van der Waals surface area contributed by atoms with Crippen LogP contribution in [0.1, 0.15) is 51.6 Å². The summed E-state index contributed by atoms with van der Waals surface area (Å²) in [6.45, 7) is 3.63. The Morgan fingerprint density at radius 2 is 1.53 bits per heavy atom. The topological polar surface area (TPSA) is 119 Å². The molecule has 5 aromatic rings. The number of sulfonamides is 1. The minimum Gasteiger partial charge on any atom is -0.493 e. The number of carboxylic acids is 1. The molecule has 2 saturated heterocycles. The molecule has 2 aliphatic rings. The van der Waals surface area contributed by atoms with Crippen LogP contribution in [0.3, 0.4) is 0 Å². The molecule has 1 spiro atoms. The van der Waals surface area contributed by atoms with Gasteiger partial charge in [0.15, 0.2) is 5.79 Å². The number of carboxylic acid groups (broad SMARTS) is 1. The van der Waals surface area contributed by atoms with Crippen molar-refractivity contribution in [1.82, 2.24) is 14.2 Å². The van der Waals surface area contributed by atoms with Gasteiger partial charge in [-0.1, -0.05) is 72.3 Å². The number of aromatic nitrogens is 1. The lowest BCUT2D eigenvalue weighted by atomic mass is 9.97. The van der Waals surface area contributed by atoms with Crippen LogP contribution in [0, 0.1) is 0 Å². The quantitative estimate of drug-likeness (QED) is 0.123. The van der Waals surface area contributed by atoms with E-state index < -0.39 is 21.8 Å². The Labute approximate surface area is 315 Å². The number of nitrogens with zero attached hydrogens (tertiary/aromatic N) is 2. The molecule has 0 amide bonds. The van der Waals surface area contributed by atoms with Crippen LogP contribution in [0.2, 0.25) is 5.02 Å². The van der Waals surface area contributed by atoms with Gasteiger partial charge in [0, 0.05) is 73.5 Å². The second-order valence-corrected chi connectivity index (χ2v) is 15.9. The molecule has 0 unspecified atom stereocenters. The third-order valence-corrected chi connectivity index (χ3v) is 11.8. The van der Waals surface area contributed by atoms with E-state index in [1.54, 1.807) is 12.1 Å². The summed E-state index contributed by atoms with van der Waals surface area (Å²) in [5.41, 5.74) is 5.33. The summed E-state index contributed by atoms with van der Waals surface area (Å²) in [4.78, 5) is 13.5. The monoisotopic (exact) mass is 757 g/mol. The molecule has 10 nitrogen and oxygen atoms in total. The van der Waals surface area contributed by atoms with E-state index in [1.807, 2.05) is 54.6 Å². The number of hydrogen-bond acceptors (Lipinski definition) is 7. The Bertz CT molecular complexity index is 2070. The maximum absolute atomic E-state index is 13.4. The third kappa shape index (κ3) is 8.78. The molecule has 2 fully saturated rings. The molecule has 7 rings (SSSR count). The lowest BCUT2D eigenvalue weighted by Gasteiger charge is -2.37. The van der Waals surface area contributed by atoms with E-state index >= 15 is 0 Å². The van der Waals surface area contributed by atoms with Crippen LogP contribution < -0.4 is 9.46 Å². The number of rotatable bonds is 15. The Morgan fingerprint density at radius 3 is 2.15 bits per heavy atom. The molecule has 53 heavy (non-hydrogen) atoms. The number of likely N-dealkylation sites (tertiary alicyclic amines) is 1. The van der Waals surface area contributed by atoms with Crippen molar-refractivity contribution in [2.45, 2.75) is 37.5 Å². The molecule has 4 aromatic carbocycles. The minimum absolute atomic E-state index is 0.00166. The number of halogens is 1. The van der Waals surface area contributed by atoms with Crippen LogP contribution in [0.15, 0.2) is 103 Å². The van der Waals surface area contributed by atoms with E-state index in [0.29, 0.717) is 50.0 Å². The van der Waals surface area contributed by atoms with Crippen LogP contribution in [0.5, 0.6) is 5.75 Å². The lowest BCUT2D eigenvalue weighted by Crippen LogP contribution is -2.46. The molecule has 278 valence electrons. The number of fused-ring (bicyclic) bond motifs is 1. The summed E-state index contributed by atoms with van der Waals surface area (Å²) in [7, 11) is -3.58. The van der Waals surface area contributed by atoms with Crippen molar-refractivity contribution in [3.8, 4) is 5.75 Å². The molecule has 0 atom stereocenters. The number of hydrogen-bond donors (Lipinski definition) is 2. The van der Waals surface area contributed by atoms with Gasteiger partial charge in [0.05, 0.1) is 37.2 Å². The van der Waals surface area contributed by atoms with Gasteiger partial charge in [-0.2, -0.15) is 0 Å². The predicted octanol–water partition coefficient (Wildman–Crippen LogP) is 6.55. The fraction of sp³-hybridized carbons (Fsp3) is 0.341. The maximum Gasteiger partial charge on any atom is 0.335 e. The van der Waals surface area contributed by atoms with Crippen molar-refractivity contribution in [3.63, 3.8) is 0 Å². The second-order valence-electron chi connectivity index (χ2n) is 13.5. The van der Waals surface area contributed by atoms with Gasteiger partial charge in [0.1, 0.15) is 5.75 Å². The van der Waals surface area contributed by atoms with Crippen molar-refractivity contribution in [2.24, 2.45) is 0 Å². The molecule has 0 bridgehead atoms. The highest BCUT2D eigenvalue weighted by molar-refractivity contribution is 7.89. The molecular formula is C41H44ClN3O7S. The molecule has 0 aliphatic carbocycles. The zero-order chi connectivity index (χ0) is 36.8. The summed E-state index contributed by atoms with van der Waals surface area (Å²) in [5.74, 6) is -0.939. The molecule has 2 aliphatic heterocycles. The maximum atomic E-state index is 13.4. The number of nitrogens with one attached hydrogen (secondary N) is 1. The average molecular weight is 758 g/mol. The van der Waals surface area contributed by atoms with Crippen LogP contribution in [-0.2, 0) is 32.3 Å². The Morgan fingerprint density at radius 1 is 0.887 bits per heavy atom. The van der Waals surface area contributed by atoms with Crippen molar-refractivity contribution in [2.75, 3.05) is 51.8 Å². The lowest BCUT2D eigenvalue weighted by molar-refractivity contribution is -0.184. The smallest absolute Gasteiger partial charge is 0.335 e. The largest absolute Gasteiger partial charge is 0.493 e. The van der Waals surface area contributed by atoms with E-state index in [9.17, 15) is 18.3 Å². The van der Waals surface area contributed by atoms with Gasteiger partial charge < -0.3 is 28.8 Å². The van der Waals surface area contributed by atoms with Gasteiger partial charge in [-0.05, 0) is 59.2 Å². The van der Waals surface area contributed by atoms with Gasteiger partial charge in [0.2, 0.25) is 10.0 Å². The zero-order valence-electron chi connectivity index (χ0n) is 29.5. The molecule has 0 radical (unpaired) electrons. The van der Waals surface area contributed by atoms with E-state index in [-0.39, 0.29) is 23.9 Å². The Hall–Kier alpha value is -4.23. The number of aromatic carboxylic acids is 1. The summed E-state index contributed by atoms with van der Waals surface area (Å²) in [6.07, 6.45) is 2.40. The van der Waals surface area contributed by atoms with Crippen LogP contribution in [0.25, 0.3) is 10.9 Å². The van der Waals surface area contributed by atoms with Crippen molar-refractivity contribution >= 4 is 38.5 Å². The van der Waals surface area contributed by atoms with Gasteiger partial charge in [-0.3, -0.25) is 0 Å². The van der Waals surface area contributed by atoms with E-state index in [2.05, 4.69) is 38.5 Å². The van der Waals surface area contributed by atoms with Crippen LogP contribution in [0.4, 0.5) is 0 Å². The summed E-state index contributed by atoms with van der Waals surface area (Å²) < 4.78 is 49.8. The highest BCUT2D eigenvalue weighted by Crippen LogP contribution is 2.38. The number of piperidine rings is 1. The van der Waals surface area contributed by atoms with Gasteiger partial charge in [0.25, 0.3) is 0 Å². The number of carbonyl (C=O) groups is 1. The minimum atomic E-state index is -3.58. The average Bonchev–Trinajstić information content (AvgIpc) is 3.74. The predicted molar refractivity (Wildman–Crippen MR) is 205 cm³/mol. The van der Waals surface area contributed by atoms with E-state index in [1.165, 1.54) is 12.1 Å². The van der Waals surface area contributed by atoms with E-state index in [4.69, 9.17) is 25.8 Å². The first kappa shape index (κ1) is 37.1. The Balaban J connectivity index is 1.17. The van der Waals surface area contributed by atoms with E-state index in [0.717, 1.165) is 59.2 Å². The molecule has 12 heteroatoms. The highest BCUT2D eigenvalue weighted by Gasteiger charge is 2.39.